The second-order valence-corrected chi connectivity index (χ2v) is 7.20. The smallest absolute Gasteiger partial charge is 0.0746 e. The van der Waals surface area contributed by atoms with Gasteiger partial charge in [-0.3, -0.25) is 4.98 Å². The third kappa shape index (κ3) is 1.60. The highest BCUT2D eigenvalue weighted by Gasteiger charge is 2.39. The monoisotopic (exact) mass is 297 g/mol. The first kappa shape index (κ1) is 13.1. The SMILES string of the molecule is CC1(C)c2cccnc2-c2ccc3c(c21)-c1ccccc1CC3. The van der Waals surface area contributed by atoms with Crippen molar-refractivity contribution in [1.29, 1.82) is 0 Å². The Hall–Kier alpha value is -2.41. The predicted octanol–water partition coefficient (Wildman–Crippen LogP) is 5.15. The van der Waals surface area contributed by atoms with E-state index in [2.05, 4.69) is 62.4 Å². The summed E-state index contributed by atoms with van der Waals surface area (Å²) in [4.78, 5) is 4.70. The van der Waals surface area contributed by atoms with Gasteiger partial charge < -0.3 is 0 Å². The molecule has 0 saturated heterocycles. The summed E-state index contributed by atoms with van der Waals surface area (Å²) in [5, 5.41) is 0. The number of aromatic nitrogens is 1. The fourth-order valence-corrected chi connectivity index (χ4v) is 4.52. The van der Waals surface area contributed by atoms with Crippen LogP contribution in [0.15, 0.2) is 54.7 Å². The molecule has 2 aliphatic carbocycles. The molecule has 0 bridgehead atoms. The van der Waals surface area contributed by atoms with Crippen LogP contribution in [0.1, 0.15) is 36.1 Å². The average molecular weight is 297 g/mol. The van der Waals surface area contributed by atoms with E-state index in [1.165, 1.54) is 44.6 Å². The maximum absolute atomic E-state index is 4.70. The van der Waals surface area contributed by atoms with Crippen LogP contribution in [-0.4, -0.2) is 4.98 Å². The number of fused-ring (bicyclic) bond motifs is 7. The molecular formula is C22H19N. The highest BCUT2D eigenvalue weighted by atomic mass is 14.7. The molecule has 0 saturated carbocycles. The van der Waals surface area contributed by atoms with Crippen molar-refractivity contribution in [2.75, 3.05) is 0 Å². The minimum absolute atomic E-state index is 0.00865. The molecule has 0 spiro atoms. The zero-order valence-corrected chi connectivity index (χ0v) is 13.6. The first-order chi connectivity index (χ1) is 11.2. The van der Waals surface area contributed by atoms with Gasteiger partial charge >= 0.3 is 0 Å². The fourth-order valence-electron chi connectivity index (χ4n) is 4.52. The Morgan fingerprint density at radius 3 is 2.57 bits per heavy atom. The molecule has 112 valence electrons. The van der Waals surface area contributed by atoms with Crippen LogP contribution in [0.2, 0.25) is 0 Å². The van der Waals surface area contributed by atoms with E-state index in [0.29, 0.717) is 0 Å². The first-order valence-electron chi connectivity index (χ1n) is 8.38. The second-order valence-electron chi connectivity index (χ2n) is 7.20. The number of benzene rings is 2. The van der Waals surface area contributed by atoms with Gasteiger partial charge in [0.25, 0.3) is 0 Å². The van der Waals surface area contributed by atoms with Crippen LogP contribution in [0.25, 0.3) is 22.4 Å². The summed E-state index contributed by atoms with van der Waals surface area (Å²) in [6, 6.07) is 17.8. The zero-order chi connectivity index (χ0) is 15.6. The quantitative estimate of drug-likeness (QED) is 0.559. The molecule has 0 unspecified atom stereocenters. The number of hydrogen-bond donors (Lipinski definition) is 0. The minimum atomic E-state index is 0.00865. The molecule has 0 amide bonds. The van der Waals surface area contributed by atoms with Crippen LogP contribution in [-0.2, 0) is 18.3 Å². The van der Waals surface area contributed by atoms with Crippen LogP contribution < -0.4 is 0 Å². The lowest BCUT2D eigenvalue weighted by molar-refractivity contribution is 0.658. The Bertz CT molecular complexity index is 950. The third-order valence-electron chi connectivity index (χ3n) is 5.60. The maximum atomic E-state index is 4.70. The molecule has 3 aromatic rings. The maximum Gasteiger partial charge on any atom is 0.0746 e. The van der Waals surface area contributed by atoms with Crippen LogP contribution in [0, 0.1) is 0 Å². The minimum Gasteiger partial charge on any atom is -0.256 e. The Balaban J connectivity index is 1.91. The first-order valence-corrected chi connectivity index (χ1v) is 8.38. The van der Waals surface area contributed by atoms with Crippen molar-refractivity contribution in [3.63, 3.8) is 0 Å². The number of rotatable bonds is 0. The molecule has 5 rings (SSSR count). The molecule has 1 aromatic heterocycles. The molecule has 1 heterocycles. The van der Waals surface area contributed by atoms with E-state index in [-0.39, 0.29) is 5.41 Å². The average Bonchev–Trinajstić information content (AvgIpc) is 2.83. The number of nitrogens with zero attached hydrogens (tertiary/aromatic N) is 1. The highest BCUT2D eigenvalue weighted by molar-refractivity contribution is 5.89. The molecular weight excluding hydrogens is 278 g/mol. The molecule has 2 aromatic carbocycles. The highest BCUT2D eigenvalue weighted by Crippen LogP contribution is 2.53. The van der Waals surface area contributed by atoms with Crippen molar-refractivity contribution in [3.8, 4) is 22.4 Å². The predicted molar refractivity (Wildman–Crippen MR) is 94.6 cm³/mol. The summed E-state index contributed by atoms with van der Waals surface area (Å²) in [5.74, 6) is 0. The van der Waals surface area contributed by atoms with Gasteiger partial charge in [0.2, 0.25) is 0 Å². The van der Waals surface area contributed by atoms with Crippen molar-refractivity contribution >= 4 is 0 Å². The Kier molecular flexibility index (Phi) is 2.45. The number of hydrogen-bond acceptors (Lipinski definition) is 1. The van der Waals surface area contributed by atoms with Gasteiger partial charge in [-0.05, 0) is 52.3 Å². The summed E-state index contributed by atoms with van der Waals surface area (Å²) < 4.78 is 0. The second kappa shape index (κ2) is 4.32. The summed E-state index contributed by atoms with van der Waals surface area (Å²) in [6.07, 6.45) is 4.20. The van der Waals surface area contributed by atoms with E-state index in [1.54, 1.807) is 0 Å². The Labute approximate surface area is 137 Å². The summed E-state index contributed by atoms with van der Waals surface area (Å²) in [5.41, 5.74) is 11.2. The van der Waals surface area contributed by atoms with Crippen molar-refractivity contribution in [2.45, 2.75) is 32.1 Å². The van der Waals surface area contributed by atoms with Gasteiger partial charge in [-0.1, -0.05) is 56.3 Å². The third-order valence-corrected chi connectivity index (χ3v) is 5.60. The van der Waals surface area contributed by atoms with E-state index in [1.807, 2.05) is 6.20 Å². The largest absolute Gasteiger partial charge is 0.256 e. The Morgan fingerprint density at radius 2 is 1.65 bits per heavy atom. The standard InChI is InChI=1S/C22H19N/c1-22(2)18-8-5-13-23-21(18)17-12-11-15-10-9-14-6-3-4-7-16(14)19(15)20(17)22/h3-8,11-13H,9-10H2,1-2H3. The van der Waals surface area contributed by atoms with Gasteiger partial charge in [0.15, 0.2) is 0 Å². The fraction of sp³-hybridized carbons (Fsp3) is 0.227. The summed E-state index contributed by atoms with van der Waals surface area (Å²) >= 11 is 0. The van der Waals surface area contributed by atoms with Gasteiger partial charge in [-0.15, -0.1) is 0 Å². The molecule has 1 heteroatoms. The lowest BCUT2D eigenvalue weighted by Gasteiger charge is -2.29. The zero-order valence-electron chi connectivity index (χ0n) is 13.6. The lowest BCUT2D eigenvalue weighted by Crippen LogP contribution is -2.18. The number of pyridine rings is 1. The number of aryl methyl sites for hydroxylation is 2. The van der Waals surface area contributed by atoms with Crippen molar-refractivity contribution in [1.82, 2.24) is 4.98 Å². The molecule has 1 nitrogen and oxygen atoms in total. The van der Waals surface area contributed by atoms with Crippen molar-refractivity contribution in [3.05, 3.63) is 77.0 Å². The molecule has 0 fully saturated rings. The Morgan fingerprint density at radius 1 is 0.826 bits per heavy atom. The van der Waals surface area contributed by atoms with E-state index in [0.717, 1.165) is 12.8 Å². The molecule has 0 N–H and O–H groups in total. The van der Waals surface area contributed by atoms with Crippen LogP contribution >= 0.6 is 0 Å². The lowest BCUT2D eigenvalue weighted by atomic mass is 9.74. The molecule has 2 aliphatic rings. The normalized spacial score (nSPS) is 16.3. The molecule has 0 atom stereocenters. The van der Waals surface area contributed by atoms with Gasteiger partial charge in [0.1, 0.15) is 0 Å². The van der Waals surface area contributed by atoms with Gasteiger partial charge in [-0.25, -0.2) is 0 Å². The van der Waals surface area contributed by atoms with Gasteiger partial charge in [0.05, 0.1) is 5.69 Å². The van der Waals surface area contributed by atoms with Crippen LogP contribution in [0.5, 0.6) is 0 Å². The van der Waals surface area contributed by atoms with Gasteiger partial charge in [-0.2, -0.15) is 0 Å². The van der Waals surface area contributed by atoms with Crippen LogP contribution in [0.3, 0.4) is 0 Å². The molecule has 0 radical (unpaired) electrons. The van der Waals surface area contributed by atoms with Gasteiger partial charge in [0, 0.05) is 17.2 Å². The van der Waals surface area contributed by atoms with Crippen LogP contribution in [0.4, 0.5) is 0 Å². The topological polar surface area (TPSA) is 12.9 Å². The summed E-state index contributed by atoms with van der Waals surface area (Å²) in [7, 11) is 0. The van der Waals surface area contributed by atoms with E-state index in [9.17, 15) is 0 Å². The molecule has 23 heavy (non-hydrogen) atoms. The van der Waals surface area contributed by atoms with E-state index >= 15 is 0 Å². The van der Waals surface area contributed by atoms with E-state index < -0.39 is 0 Å². The summed E-state index contributed by atoms with van der Waals surface area (Å²) in [6.45, 7) is 4.69. The van der Waals surface area contributed by atoms with Crippen molar-refractivity contribution < 1.29 is 0 Å². The molecule has 0 aliphatic heterocycles. The van der Waals surface area contributed by atoms with Crippen molar-refractivity contribution in [2.24, 2.45) is 0 Å². The van der Waals surface area contributed by atoms with E-state index in [4.69, 9.17) is 4.98 Å².